The summed E-state index contributed by atoms with van der Waals surface area (Å²) in [4.78, 5) is 14.2. The Morgan fingerprint density at radius 2 is 1.64 bits per heavy atom. The van der Waals surface area contributed by atoms with Crippen LogP contribution in [0, 0.1) is 5.82 Å². The summed E-state index contributed by atoms with van der Waals surface area (Å²) in [5.41, 5.74) is 0.809. The highest BCUT2D eigenvalue weighted by molar-refractivity contribution is 7.92. The monoisotopic (exact) mass is 364 g/mol. The molecule has 0 aliphatic rings. The van der Waals surface area contributed by atoms with E-state index in [1.165, 1.54) is 29.2 Å². The van der Waals surface area contributed by atoms with Crippen LogP contribution in [0.4, 0.5) is 10.1 Å². The Balaban J connectivity index is 2.23. The lowest BCUT2D eigenvalue weighted by atomic mass is 10.2. The molecule has 5 nitrogen and oxygen atoms in total. The lowest BCUT2D eigenvalue weighted by molar-refractivity contribution is -0.129. The molecule has 0 aliphatic heterocycles. The van der Waals surface area contributed by atoms with E-state index in [0.717, 1.165) is 16.1 Å². The minimum atomic E-state index is -3.80. The summed E-state index contributed by atoms with van der Waals surface area (Å²) < 4.78 is 39.0. The van der Waals surface area contributed by atoms with Gasteiger partial charge in [0.05, 0.1) is 11.9 Å². The molecule has 0 heterocycles. The van der Waals surface area contributed by atoms with E-state index in [-0.39, 0.29) is 11.6 Å². The minimum absolute atomic E-state index is 0.130. The number of para-hydroxylation sites is 1. The second-order valence-electron chi connectivity index (χ2n) is 5.61. The maximum absolute atomic E-state index is 14.0. The Morgan fingerprint density at radius 1 is 1.04 bits per heavy atom. The molecule has 0 radical (unpaired) electrons. The van der Waals surface area contributed by atoms with Gasteiger partial charge in [0.2, 0.25) is 15.9 Å². The van der Waals surface area contributed by atoms with Gasteiger partial charge in [-0.2, -0.15) is 0 Å². The Labute approximate surface area is 147 Å². The fraction of sp³-hybridized carbons (Fsp3) is 0.278. The third kappa shape index (κ3) is 5.03. The van der Waals surface area contributed by atoms with Crippen molar-refractivity contribution in [3.8, 4) is 0 Å². The van der Waals surface area contributed by atoms with E-state index in [2.05, 4.69) is 0 Å². The summed E-state index contributed by atoms with van der Waals surface area (Å²) in [6, 6.07) is 14.9. The molecule has 0 atom stereocenters. The van der Waals surface area contributed by atoms with Gasteiger partial charge in [-0.05, 0) is 24.6 Å². The predicted octanol–water partition coefficient (Wildman–Crippen LogP) is 2.64. The van der Waals surface area contributed by atoms with E-state index in [4.69, 9.17) is 0 Å². The summed E-state index contributed by atoms with van der Waals surface area (Å²) in [7, 11) is -3.80. The van der Waals surface area contributed by atoms with Gasteiger partial charge >= 0.3 is 0 Å². The van der Waals surface area contributed by atoms with Gasteiger partial charge in [-0.1, -0.05) is 42.5 Å². The number of nitrogens with zero attached hydrogens (tertiary/aromatic N) is 2. The minimum Gasteiger partial charge on any atom is -0.337 e. The molecule has 0 spiro atoms. The lowest BCUT2D eigenvalue weighted by Crippen LogP contribution is -2.42. The SMILES string of the molecule is CCN(Cc1ccccc1)C(=O)CN(c1ccccc1F)S(C)(=O)=O. The van der Waals surface area contributed by atoms with E-state index in [0.29, 0.717) is 13.1 Å². The molecule has 25 heavy (non-hydrogen) atoms. The van der Waals surface area contributed by atoms with Crippen molar-refractivity contribution in [3.05, 3.63) is 66.0 Å². The van der Waals surface area contributed by atoms with Crippen molar-refractivity contribution in [3.63, 3.8) is 0 Å². The highest BCUT2D eigenvalue weighted by atomic mass is 32.2. The molecule has 0 unspecified atom stereocenters. The number of anilines is 1. The molecule has 0 aromatic heterocycles. The second-order valence-corrected chi connectivity index (χ2v) is 7.52. The van der Waals surface area contributed by atoms with Gasteiger partial charge in [-0.3, -0.25) is 9.10 Å². The summed E-state index contributed by atoms with van der Waals surface area (Å²) >= 11 is 0. The molecule has 0 saturated carbocycles. The predicted molar refractivity (Wildman–Crippen MR) is 96.1 cm³/mol. The maximum atomic E-state index is 14.0. The van der Waals surface area contributed by atoms with Crippen molar-refractivity contribution in [2.45, 2.75) is 13.5 Å². The molecule has 134 valence electrons. The van der Waals surface area contributed by atoms with Gasteiger partial charge in [-0.25, -0.2) is 12.8 Å². The molecule has 0 bridgehead atoms. The highest BCUT2D eigenvalue weighted by Crippen LogP contribution is 2.21. The smallest absolute Gasteiger partial charge is 0.243 e. The molecule has 0 N–H and O–H groups in total. The largest absolute Gasteiger partial charge is 0.337 e. The van der Waals surface area contributed by atoms with Crippen molar-refractivity contribution in [2.75, 3.05) is 23.7 Å². The van der Waals surface area contributed by atoms with E-state index in [1.807, 2.05) is 37.3 Å². The van der Waals surface area contributed by atoms with Crippen molar-refractivity contribution >= 4 is 21.6 Å². The average Bonchev–Trinajstić information content (AvgIpc) is 2.58. The van der Waals surface area contributed by atoms with Crippen LogP contribution in [0.2, 0.25) is 0 Å². The van der Waals surface area contributed by atoms with Crippen molar-refractivity contribution in [1.29, 1.82) is 0 Å². The number of carbonyl (C=O) groups excluding carboxylic acids is 1. The quantitative estimate of drug-likeness (QED) is 0.759. The van der Waals surface area contributed by atoms with Crippen LogP contribution in [0.3, 0.4) is 0 Å². The zero-order valence-corrected chi connectivity index (χ0v) is 15.0. The van der Waals surface area contributed by atoms with Crippen LogP contribution in [0.15, 0.2) is 54.6 Å². The first kappa shape index (κ1) is 18.9. The molecule has 2 rings (SSSR count). The van der Waals surface area contributed by atoms with Gasteiger partial charge in [0.1, 0.15) is 12.4 Å². The Morgan fingerprint density at radius 3 is 2.20 bits per heavy atom. The third-order valence-corrected chi connectivity index (χ3v) is 4.88. The van der Waals surface area contributed by atoms with Crippen LogP contribution in [0.5, 0.6) is 0 Å². The molecule has 0 saturated heterocycles. The fourth-order valence-corrected chi connectivity index (χ4v) is 3.29. The van der Waals surface area contributed by atoms with Gasteiger partial charge in [0, 0.05) is 13.1 Å². The Hall–Kier alpha value is -2.41. The lowest BCUT2D eigenvalue weighted by Gasteiger charge is -2.27. The molecule has 2 aromatic rings. The molecular weight excluding hydrogens is 343 g/mol. The van der Waals surface area contributed by atoms with Gasteiger partial charge in [0.15, 0.2) is 0 Å². The van der Waals surface area contributed by atoms with E-state index in [1.54, 1.807) is 0 Å². The van der Waals surface area contributed by atoms with Crippen LogP contribution >= 0.6 is 0 Å². The van der Waals surface area contributed by atoms with Crippen molar-refractivity contribution < 1.29 is 17.6 Å². The summed E-state index contributed by atoms with van der Waals surface area (Å²) in [5, 5.41) is 0. The van der Waals surface area contributed by atoms with E-state index >= 15 is 0 Å². The number of rotatable bonds is 7. The first-order chi connectivity index (χ1) is 11.8. The third-order valence-electron chi connectivity index (χ3n) is 3.75. The number of sulfonamides is 1. The van der Waals surface area contributed by atoms with Crippen molar-refractivity contribution in [1.82, 2.24) is 4.90 Å². The number of amides is 1. The normalized spacial score (nSPS) is 11.2. The number of hydrogen-bond acceptors (Lipinski definition) is 3. The van der Waals surface area contributed by atoms with Gasteiger partial charge < -0.3 is 4.90 Å². The van der Waals surface area contributed by atoms with Crippen LogP contribution in [0.1, 0.15) is 12.5 Å². The van der Waals surface area contributed by atoms with Crippen LogP contribution in [-0.4, -0.2) is 38.6 Å². The van der Waals surface area contributed by atoms with Gasteiger partial charge in [0.25, 0.3) is 0 Å². The molecule has 2 aromatic carbocycles. The Bertz CT molecular complexity index is 825. The topological polar surface area (TPSA) is 57.7 Å². The zero-order chi connectivity index (χ0) is 18.4. The maximum Gasteiger partial charge on any atom is 0.243 e. The van der Waals surface area contributed by atoms with E-state index in [9.17, 15) is 17.6 Å². The van der Waals surface area contributed by atoms with Gasteiger partial charge in [-0.15, -0.1) is 0 Å². The van der Waals surface area contributed by atoms with Crippen LogP contribution in [-0.2, 0) is 21.4 Å². The number of carbonyl (C=O) groups is 1. The molecule has 0 fully saturated rings. The number of benzene rings is 2. The van der Waals surface area contributed by atoms with Crippen LogP contribution < -0.4 is 4.31 Å². The van der Waals surface area contributed by atoms with Crippen molar-refractivity contribution in [2.24, 2.45) is 0 Å². The average molecular weight is 364 g/mol. The first-order valence-corrected chi connectivity index (χ1v) is 9.71. The number of hydrogen-bond donors (Lipinski definition) is 0. The standard InChI is InChI=1S/C18H21FN2O3S/c1-3-20(13-15-9-5-4-6-10-15)18(22)14-21(25(2,23)24)17-12-8-7-11-16(17)19/h4-12H,3,13-14H2,1-2H3. The summed E-state index contributed by atoms with van der Waals surface area (Å²) in [5.74, 6) is -1.08. The highest BCUT2D eigenvalue weighted by Gasteiger charge is 2.25. The summed E-state index contributed by atoms with van der Waals surface area (Å²) in [6.45, 7) is 2.16. The second kappa shape index (κ2) is 8.11. The summed E-state index contributed by atoms with van der Waals surface area (Å²) in [6.07, 6.45) is 0.959. The molecule has 1 amide bonds. The fourth-order valence-electron chi connectivity index (χ4n) is 2.44. The first-order valence-electron chi connectivity index (χ1n) is 7.87. The molecule has 7 heteroatoms. The zero-order valence-electron chi connectivity index (χ0n) is 14.2. The number of likely N-dealkylation sites (N-methyl/N-ethyl adjacent to an activating group) is 1. The Kier molecular flexibility index (Phi) is 6.14. The van der Waals surface area contributed by atoms with Crippen LogP contribution in [0.25, 0.3) is 0 Å². The van der Waals surface area contributed by atoms with E-state index < -0.39 is 22.4 Å². The number of halogens is 1. The molecule has 0 aliphatic carbocycles. The molecular formula is C18H21FN2O3S.